The van der Waals surface area contributed by atoms with E-state index in [2.05, 4.69) is 32.4 Å². The van der Waals surface area contributed by atoms with Crippen LogP contribution >= 0.6 is 27.5 Å². The maximum absolute atomic E-state index is 6.37. The average Bonchev–Trinajstić information content (AvgIpc) is 2.52. The SMILES string of the molecule is NNC(c1cnc2ccccc2c1)c1cccc(Br)c1Cl. The van der Waals surface area contributed by atoms with E-state index < -0.39 is 0 Å². The minimum absolute atomic E-state index is 0.216. The van der Waals surface area contributed by atoms with Gasteiger partial charge in [-0.05, 0) is 45.3 Å². The van der Waals surface area contributed by atoms with Gasteiger partial charge in [-0.3, -0.25) is 10.8 Å². The van der Waals surface area contributed by atoms with Gasteiger partial charge in [0.25, 0.3) is 0 Å². The molecule has 0 aliphatic carbocycles. The molecule has 0 bridgehead atoms. The first kappa shape index (κ1) is 14.5. The second-order valence-electron chi connectivity index (χ2n) is 4.70. The van der Waals surface area contributed by atoms with Crippen LogP contribution in [0.4, 0.5) is 0 Å². The minimum Gasteiger partial charge on any atom is -0.271 e. The van der Waals surface area contributed by atoms with Crippen LogP contribution in [0.25, 0.3) is 10.9 Å². The Bertz CT molecular complexity index is 791. The van der Waals surface area contributed by atoms with Gasteiger partial charge in [-0.1, -0.05) is 41.9 Å². The van der Waals surface area contributed by atoms with Crippen LogP contribution < -0.4 is 11.3 Å². The Labute approximate surface area is 136 Å². The van der Waals surface area contributed by atoms with Crippen LogP contribution in [-0.4, -0.2) is 4.98 Å². The van der Waals surface area contributed by atoms with Crippen LogP contribution in [0.1, 0.15) is 17.2 Å². The van der Waals surface area contributed by atoms with E-state index in [4.69, 9.17) is 17.4 Å². The van der Waals surface area contributed by atoms with Crippen LogP contribution in [0.2, 0.25) is 5.02 Å². The third-order valence-corrected chi connectivity index (χ3v) is 4.72. The summed E-state index contributed by atoms with van der Waals surface area (Å²) in [4.78, 5) is 4.48. The summed E-state index contributed by atoms with van der Waals surface area (Å²) in [6.45, 7) is 0. The van der Waals surface area contributed by atoms with Gasteiger partial charge in [0.2, 0.25) is 0 Å². The summed E-state index contributed by atoms with van der Waals surface area (Å²) >= 11 is 9.81. The van der Waals surface area contributed by atoms with Crippen molar-refractivity contribution in [2.45, 2.75) is 6.04 Å². The number of nitrogens with one attached hydrogen (secondary N) is 1. The Balaban J connectivity index is 2.11. The number of nitrogens with zero attached hydrogens (tertiary/aromatic N) is 1. The van der Waals surface area contributed by atoms with E-state index in [1.54, 1.807) is 0 Å². The zero-order valence-electron chi connectivity index (χ0n) is 11.1. The van der Waals surface area contributed by atoms with Crippen molar-refractivity contribution in [1.82, 2.24) is 10.4 Å². The highest BCUT2D eigenvalue weighted by atomic mass is 79.9. The first-order valence-corrected chi connectivity index (χ1v) is 7.62. The highest BCUT2D eigenvalue weighted by molar-refractivity contribution is 9.10. The van der Waals surface area contributed by atoms with Gasteiger partial charge in [-0.25, -0.2) is 5.43 Å². The molecule has 0 spiro atoms. The Morgan fingerprint density at radius 3 is 2.76 bits per heavy atom. The fraction of sp³-hybridized carbons (Fsp3) is 0.0625. The van der Waals surface area contributed by atoms with E-state index in [1.165, 1.54) is 0 Å². The molecule has 0 aliphatic rings. The molecular weight excluding hydrogens is 350 g/mol. The Kier molecular flexibility index (Phi) is 4.22. The molecule has 3 nitrogen and oxygen atoms in total. The van der Waals surface area contributed by atoms with E-state index in [0.29, 0.717) is 5.02 Å². The predicted molar refractivity (Wildman–Crippen MR) is 90.1 cm³/mol. The number of hydrogen-bond acceptors (Lipinski definition) is 3. The normalized spacial score (nSPS) is 12.5. The molecule has 0 saturated carbocycles. The molecule has 1 heterocycles. The van der Waals surface area contributed by atoms with Gasteiger partial charge in [-0.2, -0.15) is 0 Å². The van der Waals surface area contributed by atoms with Crippen molar-refractivity contribution in [2.75, 3.05) is 0 Å². The molecule has 1 aromatic heterocycles. The maximum atomic E-state index is 6.37. The minimum atomic E-state index is -0.216. The van der Waals surface area contributed by atoms with Gasteiger partial charge in [0.1, 0.15) is 0 Å². The molecule has 0 fully saturated rings. The molecule has 5 heteroatoms. The van der Waals surface area contributed by atoms with E-state index in [1.807, 2.05) is 48.7 Å². The average molecular weight is 363 g/mol. The largest absolute Gasteiger partial charge is 0.271 e. The molecular formula is C16H13BrClN3. The lowest BCUT2D eigenvalue weighted by Gasteiger charge is -2.19. The van der Waals surface area contributed by atoms with Crippen molar-refractivity contribution in [3.63, 3.8) is 0 Å². The Morgan fingerprint density at radius 2 is 1.95 bits per heavy atom. The summed E-state index contributed by atoms with van der Waals surface area (Å²) in [6, 6.07) is 15.6. The van der Waals surface area contributed by atoms with Crippen LogP contribution in [0.5, 0.6) is 0 Å². The standard InChI is InChI=1S/C16H13BrClN3/c17-13-6-3-5-12(15(13)18)16(21-19)11-8-10-4-1-2-7-14(10)20-9-11/h1-9,16,21H,19H2. The molecule has 0 amide bonds. The van der Waals surface area contributed by atoms with Gasteiger partial charge < -0.3 is 0 Å². The summed E-state index contributed by atoms with van der Waals surface area (Å²) < 4.78 is 0.843. The van der Waals surface area contributed by atoms with Crippen LogP contribution in [0.3, 0.4) is 0 Å². The lowest BCUT2D eigenvalue weighted by Crippen LogP contribution is -2.29. The molecule has 3 N–H and O–H groups in total. The third kappa shape index (κ3) is 2.80. The number of hydrogen-bond donors (Lipinski definition) is 2. The summed E-state index contributed by atoms with van der Waals surface area (Å²) in [5.41, 5.74) is 5.65. The quantitative estimate of drug-likeness (QED) is 0.542. The number of para-hydroxylation sites is 1. The molecule has 21 heavy (non-hydrogen) atoms. The first-order chi connectivity index (χ1) is 10.2. The van der Waals surface area contributed by atoms with Crippen molar-refractivity contribution in [3.05, 3.63) is 75.4 Å². The van der Waals surface area contributed by atoms with Crippen molar-refractivity contribution in [1.29, 1.82) is 0 Å². The predicted octanol–water partition coefficient (Wildman–Crippen LogP) is 4.20. The number of halogens is 2. The topological polar surface area (TPSA) is 50.9 Å². The van der Waals surface area contributed by atoms with Crippen molar-refractivity contribution in [2.24, 2.45) is 5.84 Å². The monoisotopic (exact) mass is 361 g/mol. The zero-order valence-corrected chi connectivity index (χ0v) is 13.4. The second-order valence-corrected chi connectivity index (χ2v) is 5.94. The summed E-state index contributed by atoms with van der Waals surface area (Å²) in [6.07, 6.45) is 1.82. The molecule has 2 aromatic carbocycles. The number of fused-ring (bicyclic) bond motifs is 1. The van der Waals surface area contributed by atoms with E-state index in [0.717, 1.165) is 26.5 Å². The van der Waals surface area contributed by atoms with E-state index in [9.17, 15) is 0 Å². The zero-order chi connectivity index (χ0) is 14.8. The number of aromatic nitrogens is 1. The highest BCUT2D eigenvalue weighted by Gasteiger charge is 2.17. The van der Waals surface area contributed by atoms with Crippen LogP contribution in [0.15, 0.2) is 59.2 Å². The smallest absolute Gasteiger partial charge is 0.0740 e. The molecule has 0 aliphatic heterocycles. The summed E-state index contributed by atoms with van der Waals surface area (Å²) in [5, 5.41) is 1.72. The number of hydrazine groups is 1. The van der Waals surface area contributed by atoms with Crippen molar-refractivity contribution >= 4 is 38.4 Å². The molecule has 1 unspecified atom stereocenters. The summed E-state index contributed by atoms with van der Waals surface area (Å²) in [5.74, 6) is 5.75. The molecule has 0 radical (unpaired) electrons. The number of nitrogens with two attached hydrogens (primary N) is 1. The third-order valence-electron chi connectivity index (χ3n) is 3.40. The molecule has 0 saturated heterocycles. The van der Waals surface area contributed by atoms with Crippen molar-refractivity contribution in [3.8, 4) is 0 Å². The molecule has 3 aromatic rings. The fourth-order valence-electron chi connectivity index (χ4n) is 2.35. The van der Waals surface area contributed by atoms with Gasteiger partial charge in [-0.15, -0.1) is 0 Å². The maximum Gasteiger partial charge on any atom is 0.0740 e. The van der Waals surface area contributed by atoms with Gasteiger partial charge in [0.05, 0.1) is 16.6 Å². The second kappa shape index (κ2) is 6.12. The number of pyridine rings is 1. The lowest BCUT2D eigenvalue weighted by molar-refractivity contribution is 0.635. The first-order valence-electron chi connectivity index (χ1n) is 6.45. The number of rotatable bonds is 3. The van der Waals surface area contributed by atoms with Gasteiger partial charge >= 0.3 is 0 Å². The van der Waals surface area contributed by atoms with Crippen molar-refractivity contribution < 1.29 is 0 Å². The number of benzene rings is 2. The van der Waals surface area contributed by atoms with E-state index >= 15 is 0 Å². The lowest BCUT2D eigenvalue weighted by atomic mass is 9.99. The fourth-order valence-corrected chi connectivity index (χ4v) is 2.97. The van der Waals surface area contributed by atoms with E-state index in [-0.39, 0.29) is 6.04 Å². The van der Waals surface area contributed by atoms with Crippen LogP contribution in [0, 0.1) is 0 Å². The van der Waals surface area contributed by atoms with Gasteiger partial charge in [0.15, 0.2) is 0 Å². The Morgan fingerprint density at radius 1 is 1.14 bits per heavy atom. The molecule has 106 valence electrons. The highest BCUT2D eigenvalue weighted by Crippen LogP contribution is 2.33. The molecule has 1 atom stereocenters. The molecule has 3 rings (SSSR count). The Hall–Kier alpha value is -1.46. The van der Waals surface area contributed by atoms with Gasteiger partial charge in [0, 0.05) is 16.1 Å². The van der Waals surface area contributed by atoms with Crippen LogP contribution in [-0.2, 0) is 0 Å². The summed E-state index contributed by atoms with van der Waals surface area (Å²) in [7, 11) is 0.